The van der Waals surface area contributed by atoms with E-state index in [0.29, 0.717) is 24.4 Å². The minimum absolute atomic E-state index is 0.000962. The number of rotatable bonds is 9. The molecule has 2 aromatic carbocycles. The Morgan fingerprint density at radius 1 is 1.09 bits per heavy atom. The molecule has 1 amide bonds. The number of sulfonamides is 1. The Labute approximate surface area is 210 Å². The van der Waals surface area contributed by atoms with Crippen LogP contribution in [0.3, 0.4) is 0 Å². The molecule has 1 fully saturated rings. The second-order valence-corrected chi connectivity index (χ2v) is 11.6. The van der Waals surface area contributed by atoms with Crippen molar-refractivity contribution in [3.63, 3.8) is 0 Å². The Kier molecular flexibility index (Phi) is 8.25. The predicted molar refractivity (Wildman–Crippen MR) is 136 cm³/mol. The summed E-state index contributed by atoms with van der Waals surface area (Å²) in [4.78, 5) is 14.0. The first-order valence-electron chi connectivity index (χ1n) is 11.9. The van der Waals surface area contributed by atoms with Crippen molar-refractivity contribution < 1.29 is 17.6 Å². The maximum atomic E-state index is 13.1. The van der Waals surface area contributed by atoms with Crippen molar-refractivity contribution in [2.24, 2.45) is 0 Å². The molecule has 1 unspecified atom stereocenters. The zero-order valence-electron chi connectivity index (χ0n) is 19.9. The number of hydrogen-bond acceptors (Lipinski definition) is 7. The number of aromatic nitrogens is 2. The van der Waals surface area contributed by atoms with E-state index in [2.05, 4.69) is 34.6 Å². The third-order valence-electron chi connectivity index (χ3n) is 6.04. The monoisotopic (exact) mass is 514 g/mol. The highest BCUT2D eigenvalue weighted by atomic mass is 32.2. The van der Waals surface area contributed by atoms with Crippen LogP contribution in [0, 0.1) is 0 Å². The predicted octanol–water partition coefficient (Wildman–Crippen LogP) is 4.98. The topological polar surface area (TPSA) is 105 Å². The quantitative estimate of drug-likeness (QED) is 0.402. The van der Waals surface area contributed by atoms with Crippen molar-refractivity contribution in [3.05, 3.63) is 65.5 Å². The van der Waals surface area contributed by atoms with E-state index in [1.807, 2.05) is 19.1 Å². The lowest BCUT2D eigenvalue weighted by Gasteiger charge is -2.34. The molecular formula is C25H30N4O4S2. The van der Waals surface area contributed by atoms with Crippen LogP contribution in [0.1, 0.15) is 61.3 Å². The largest absolute Gasteiger partial charge is 0.407 e. The van der Waals surface area contributed by atoms with Crippen molar-refractivity contribution in [2.45, 2.75) is 61.8 Å². The summed E-state index contributed by atoms with van der Waals surface area (Å²) in [5.74, 6) is 0.960. The summed E-state index contributed by atoms with van der Waals surface area (Å²) in [5, 5.41) is 10.5. The molecule has 1 aromatic heterocycles. The molecule has 0 bridgehead atoms. The van der Waals surface area contributed by atoms with Crippen molar-refractivity contribution >= 4 is 33.7 Å². The number of nitrogens with one attached hydrogen (secondary N) is 1. The van der Waals surface area contributed by atoms with Gasteiger partial charge in [0.15, 0.2) is 0 Å². The fourth-order valence-electron chi connectivity index (χ4n) is 4.20. The summed E-state index contributed by atoms with van der Waals surface area (Å²) < 4.78 is 33.4. The van der Waals surface area contributed by atoms with Gasteiger partial charge in [-0.15, -0.1) is 16.9 Å². The molecule has 35 heavy (non-hydrogen) atoms. The summed E-state index contributed by atoms with van der Waals surface area (Å²) in [6.45, 7) is 4.65. The van der Waals surface area contributed by atoms with Crippen molar-refractivity contribution in [3.8, 4) is 0 Å². The Bertz CT molecular complexity index is 1240. The highest BCUT2D eigenvalue weighted by molar-refractivity contribution is 7.99. The van der Waals surface area contributed by atoms with Gasteiger partial charge in [-0.1, -0.05) is 37.5 Å². The van der Waals surface area contributed by atoms with E-state index in [1.165, 1.54) is 29.2 Å². The van der Waals surface area contributed by atoms with Crippen LogP contribution in [0.25, 0.3) is 0 Å². The fraction of sp³-hybridized carbons (Fsp3) is 0.400. The minimum atomic E-state index is -3.60. The van der Waals surface area contributed by atoms with Crippen LogP contribution >= 0.6 is 11.8 Å². The van der Waals surface area contributed by atoms with Gasteiger partial charge in [0, 0.05) is 23.0 Å². The highest BCUT2D eigenvalue weighted by Crippen LogP contribution is 2.27. The van der Waals surface area contributed by atoms with E-state index in [1.54, 1.807) is 16.1 Å². The summed E-state index contributed by atoms with van der Waals surface area (Å²) in [7, 11) is -3.60. The molecule has 1 aliphatic rings. The van der Waals surface area contributed by atoms with Gasteiger partial charge < -0.3 is 4.42 Å². The zero-order chi connectivity index (χ0) is 24.8. The number of hydrogen-bond donors (Lipinski definition) is 1. The molecule has 1 saturated heterocycles. The SMILES string of the molecule is CCSc1ccc(Cc2nnc(NC(=O)c3ccc(S(=O)(=O)N4CCCCC4CC)cc3)o2)cc1. The molecule has 8 nitrogen and oxygen atoms in total. The van der Waals surface area contributed by atoms with Crippen LogP contribution in [0.2, 0.25) is 0 Å². The Balaban J connectivity index is 1.38. The smallest absolute Gasteiger partial charge is 0.322 e. The second kappa shape index (κ2) is 11.4. The number of thioether (sulfide) groups is 1. The van der Waals surface area contributed by atoms with E-state index >= 15 is 0 Å². The highest BCUT2D eigenvalue weighted by Gasteiger charge is 2.32. The van der Waals surface area contributed by atoms with Gasteiger partial charge in [0.2, 0.25) is 15.9 Å². The molecule has 0 saturated carbocycles. The van der Waals surface area contributed by atoms with E-state index in [-0.39, 0.29) is 17.0 Å². The van der Waals surface area contributed by atoms with Crippen LogP contribution in [-0.4, -0.2) is 47.2 Å². The third kappa shape index (κ3) is 6.12. The summed E-state index contributed by atoms with van der Waals surface area (Å²) >= 11 is 1.77. The van der Waals surface area contributed by atoms with Gasteiger partial charge in [-0.2, -0.15) is 4.31 Å². The molecule has 1 N–H and O–H groups in total. The number of anilines is 1. The second-order valence-electron chi connectivity index (χ2n) is 8.41. The van der Waals surface area contributed by atoms with Gasteiger partial charge in [0.1, 0.15) is 0 Å². The number of carbonyl (C=O) groups excluding carboxylic acids is 1. The van der Waals surface area contributed by atoms with E-state index in [9.17, 15) is 13.2 Å². The fourth-order valence-corrected chi connectivity index (χ4v) is 6.63. The van der Waals surface area contributed by atoms with E-state index < -0.39 is 15.9 Å². The van der Waals surface area contributed by atoms with Crippen molar-refractivity contribution in [1.29, 1.82) is 0 Å². The molecule has 2 heterocycles. The number of benzene rings is 2. The van der Waals surface area contributed by atoms with Gasteiger partial charge in [-0.25, -0.2) is 8.42 Å². The maximum absolute atomic E-state index is 13.1. The lowest BCUT2D eigenvalue weighted by Crippen LogP contribution is -2.43. The molecule has 10 heteroatoms. The number of amides is 1. The minimum Gasteiger partial charge on any atom is -0.407 e. The van der Waals surface area contributed by atoms with Crippen molar-refractivity contribution in [2.75, 3.05) is 17.6 Å². The third-order valence-corrected chi connectivity index (χ3v) is 8.90. The molecule has 0 aliphatic carbocycles. The Hall–Kier alpha value is -2.69. The summed E-state index contributed by atoms with van der Waals surface area (Å²) in [6, 6.07) is 14.1. The van der Waals surface area contributed by atoms with Gasteiger partial charge in [-0.3, -0.25) is 10.1 Å². The summed E-state index contributed by atoms with van der Waals surface area (Å²) in [6.07, 6.45) is 4.04. The average Bonchev–Trinajstić information content (AvgIpc) is 3.32. The van der Waals surface area contributed by atoms with E-state index in [4.69, 9.17) is 4.42 Å². The van der Waals surface area contributed by atoms with Crippen LogP contribution in [-0.2, 0) is 16.4 Å². The normalized spacial score (nSPS) is 16.8. The first kappa shape index (κ1) is 25.4. The molecule has 3 aromatic rings. The maximum Gasteiger partial charge on any atom is 0.322 e. The number of carbonyl (C=O) groups is 1. The van der Waals surface area contributed by atoms with Gasteiger partial charge in [0.25, 0.3) is 5.91 Å². The van der Waals surface area contributed by atoms with Crippen LogP contribution in [0.5, 0.6) is 0 Å². The number of piperidine rings is 1. The molecule has 4 rings (SSSR count). The first-order chi connectivity index (χ1) is 16.9. The average molecular weight is 515 g/mol. The van der Waals surface area contributed by atoms with Gasteiger partial charge in [-0.05, 0) is 67.0 Å². The molecule has 1 aliphatic heterocycles. The van der Waals surface area contributed by atoms with Crippen LogP contribution in [0.15, 0.2) is 62.7 Å². The molecule has 1 atom stereocenters. The lowest BCUT2D eigenvalue weighted by atomic mass is 10.0. The Morgan fingerprint density at radius 2 is 1.83 bits per heavy atom. The van der Waals surface area contributed by atoms with Gasteiger partial charge in [0.05, 0.1) is 11.3 Å². The van der Waals surface area contributed by atoms with Gasteiger partial charge >= 0.3 is 6.01 Å². The zero-order valence-corrected chi connectivity index (χ0v) is 21.6. The molecular weight excluding hydrogens is 484 g/mol. The van der Waals surface area contributed by atoms with Crippen LogP contribution in [0.4, 0.5) is 6.01 Å². The Morgan fingerprint density at radius 3 is 2.51 bits per heavy atom. The molecule has 186 valence electrons. The molecule has 0 spiro atoms. The van der Waals surface area contributed by atoms with E-state index in [0.717, 1.165) is 37.0 Å². The standard InChI is InChI=1S/C25H30N4O4S2/c1-3-20-7-5-6-16-29(20)35(31,32)22-14-10-19(11-15-22)24(30)26-25-28-27-23(33-25)17-18-8-12-21(13-9-18)34-4-2/h8-15,20H,3-7,16-17H2,1-2H3,(H,26,28,30). The lowest BCUT2D eigenvalue weighted by molar-refractivity contribution is 0.102. The number of nitrogens with zero attached hydrogens (tertiary/aromatic N) is 3. The molecule has 0 radical (unpaired) electrons. The summed E-state index contributed by atoms with van der Waals surface area (Å²) in [5.41, 5.74) is 1.33. The van der Waals surface area contributed by atoms with Crippen LogP contribution < -0.4 is 5.32 Å². The first-order valence-corrected chi connectivity index (χ1v) is 14.3. The van der Waals surface area contributed by atoms with Crippen molar-refractivity contribution in [1.82, 2.24) is 14.5 Å².